The number of ether oxygens (including phenoxy) is 1. The van der Waals surface area contributed by atoms with Crippen molar-refractivity contribution in [3.05, 3.63) is 36.2 Å². The van der Waals surface area contributed by atoms with E-state index in [-0.39, 0.29) is 16.1 Å². The van der Waals surface area contributed by atoms with Gasteiger partial charge in [0.15, 0.2) is 5.16 Å². The highest BCUT2D eigenvalue weighted by Crippen LogP contribution is 2.26. The lowest BCUT2D eigenvalue weighted by Gasteiger charge is -2.27. The van der Waals surface area contributed by atoms with E-state index < -0.39 is 10.0 Å². The summed E-state index contributed by atoms with van der Waals surface area (Å²) in [6.45, 7) is 7.93. The number of hydrogen-bond donors (Lipinski definition) is 1. The first-order valence-corrected chi connectivity index (χ1v) is 12.3. The van der Waals surface area contributed by atoms with Crippen molar-refractivity contribution in [1.29, 1.82) is 0 Å². The van der Waals surface area contributed by atoms with Crippen LogP contribution < -0.4 is 5.32 Å². The number of aryl methyl sites for hydroxylation is 2. The quantitative estimate of drug-likeness (QED) is 0.619. The van der Waals surface area contributed by atoms with Gasteiger partial charge in [0.2, 0.25) is 15.9 Å². The van der Waals surface area contributed by atoms with Crippen molar-refractivity contribution in [1.82, 2.24) is 13.9 Å². The highest BCUT2D eigenvalue weighted by molar-refractivity contribution is 8.00. The van der Waals surface area contributed by atoms with Gasteiger partial charge in [-0.2, -0.15) is 4.31 Å². The van der Waals surface area contributed by atoms with Gasteiger partial charge in [-0.3, -0.25) is 4.79 Å². The standard InChI is InChI=1S/C20H28N4O4S2/c1-4-8-23-9-7-21-20(23)29-16(3)19(25)22-17-6-5-15(2)18(14-17)30(26,27)24-10-12-28-13-11-24/h5-7,9,14,16H,4,8,10-13H2,1-3H3,(H,22,25). The highest BCUT2D eigenvalue weighted by Gasteiger charge is 2.28. The number of carbonyl (C=O) groups is 1. The lowest BCUT2D eigenvalue weighted by atomic mass is 10.2. The molecule has 1 aromatic carbocycles. The van der Waals surface area contributed by atoms with Gasteiger partial charge in [-0.15, -0.1) is 0 Å². The first kappa shape index (κ1) is 22.8. The average molecular weight is 453 g/mol. The smallest absolute Gasteiger partial charge is 0.243 e. The predicted octanol–water partition coefficient (Wildman–Crippen LogP) is 2.74. The maximum atomic E-state index is 13.0. The summed E-state index contributed by atoms with van der Waals surface area (Å²) in [5.41, 5.74) is 1.10. The molecule has 8 nitrogen and oxygen atoms in total. The molecule has 10 heteroatoms. The largest absolute Gasteiger partial charge is 0.379 e. The molecule has 164 valence electrons. The maximum absolute atomic E-state index is 13.0. The van der Waals surface area contributed by atoms with Crippen molar-refractivity contribution in [2.75, 3.05) is 31.6 Å². The minimum atomic E-state index is -3.64. The fourth-order valence-electron chi connectivity index (χ4n) is 3.16. The van der Waals surface area contributed by atoms with Crippen LogP contribution in [0.1, 0.15) is 25.8 Å². The summed E-state index contributed by atoms with van der Waals surface area (Å²) in [6, 6.07) is 4.98. The van der Waals surface area contributed by atoms with Crippen LogP contribution in [0.25, 0.3) is 0 Å². The van der Waals surface area contributed by atoms with Crippen LogP contribution in [-0.4, -0.2) is 59.7 Å². The number of amides is 1. The van der Waals surface area contributed by atoms with Crippen molar-refractivity contribution < 1.29 is 17.9 Å². The number of rotatable bonds is 8. The van der Waals surface area contributed by atoms with Crippen molar-refractivity contribution in [2.45, 2.75) is 49.0 Å². The molecule has 2 heterocycles. The van der Waals surface area contributed by atoms with E-state index in [1.165, 1.54) is 22.1 Å². The average Bonchev–Trinajstić information content (AvgIpc) is 3.17. The van der Waals surface area contributed by atoms with Gasteiger partial charge in [-0.1, -0.05) is 24.8 Å². The molecule has 1 N–H and O–H groups in total. The number of nitrogens with one attached hydrogen (secondary N) is 1. The Morgan fingerprint density at radius 1 is 1.33 bits per heavy atom. The molecular weight excluding hydrogens is 424 g/mol. The van der Waals surface area contributed by atoms with E-state index in [0.717, 1.165) is 18.1 Å². The molecule has 3 rings (SSSR count). The number of carbonyl (C=O) groups excluding carboxylic acids is 1. The van der Waals surface area contributed by atoms with Crippen LogP contribution in [0.15, 0.2) is 40.6 Å². The van der Waals surface area contributed by atoms with Gasteiger partial charge in [0, 0.05) is 37.7 Å². The molecule has 1 amide bonds. The summed E-state index contributed by atoms with van der Waals surface area (Å²) in [7, 11) is -3.64. The Balaban J connectivity index is 1.72. The van der Waals surface area contributed by atoms with E-state index >= 15 is 0 Å². The van der Waals surface area contributed by atoms with E-state index in [2.05, 4.69) is 17.2 Å². The summed E-state index contributed by atoms with van der Waals surface area (Å²) in [5, 5.41) is 3.25. The van der Waals surface area contributed by atoms with Gasteiger partial charge >= 0.3 is 0 Å². The number of benzene rings is 1. The van der Waals surface area contributed by atoms with Crippen molar-refractivity contribution in [3.8, 4) is 0 Å². The second-order valence-corrected chi connectivity index (χ2v) is 10.4. The molecule has 1 unspecified atom stereocenters. The van der Waals surface area contributed by atoms with E-state index in [0.29, 0.717) is 37.6 Å². The summed E-state index contributed by atoms with van der Waals surface area (Å²) < 4.78 is 34.8. The molecule has 0 bridgehead atoms. The first-order valence-electron chi connectivity index (χ1n) is 10.00. The zero-order valence-corrected chi connectivity index (χ0v) is 19.1. The number of anilines is 1. The summed E-state index contributed by atoms with van der Waals surface area (Å²) in [5.74, 6) is -0.204. The molecule has 2 aromatic rings. The van der Waals surface area contributed by atoms with Crippen molar-refractivity contribution in [3.63, 3.8) is 0 Å². The molecular formula is C20H28N4O4S2. The van der Waals surface area contributed by atoms with Gasteiger partial charge in [-0.05, 0) is 38.0 Å². The predicted molar refractivity (Wildman–Crippen MR) is 117 cm³/mol. The number of nitrogens with zero attached hydrogens (tertiary/aromatic N) is 3. The van der Waals surface area contributed by atoms with E-state index in [1.54, 1.807) is 25.3 Å². The normalized spacial score (nSPS) is 16.4. The van der Waals surface area contributed by atoms with Crippen LogP contribution >= 0.6 is 11.8 Å². The van der Waals surface area contributed by atoms with Crippen LogP contribution in [0, 0.1) is 6.92 Å². The Hall–Kier alpha value is -1.88. The highest BCUT2D eigenvalue weighted by atomic mass is 32.2. The third-order valence-electron chi connectivity index (χ3n) is 4.84. The number of hydrogen-bond acceptors (Lipinski definition) is 6. The van der Waals surface area contributed by atoms with Crippen LogP contribution in [-0.2, 0) is 26.1 Å². The molecule has 0 spiro atoms. The molecule has 1 fully saturated rings. The van der Waals surface area contributed by atoms with Crippen molar-refractivity contribution >= 4 is 33.4 Å². The van der Waals surface area contributed by atoms with Crippen molar-refractivity contribution in [2.24, 2.45) is 0 Å². The second kappa shape index (κ2) is 9.95. The molecule has 0 saturated carbocycles. The second-order valence-electron chi connectivity index (χ2n) is 7.15. The monoisotopic (exact) mass is 452 g/mol. The summed E-state index contributed by atoms with van der Waals surface area (Å²) in [6.07, 6.45) is 4.61. The van der Waals surface area contributed by atoms with E-state index in [9.17, 15) is 13.2 Å². The summed E-state index contributed by atoms with van der Waals surface area (Å²) >= 11 is 1.38. The first-order chi connectivity index (χ1) is 14.3. The molecule has 1 saturated heterocycles. The minimum Gasteiger partial charge on any atom is -0.379 e. The zero-order valence-electron chi connectivity index (χ0n) is 17.5. The SMILES string of the molecule is CCCn1ccnc1SC(C)C(=O)Nc1ccc(C)c(S(=O)(=O)N2CCOCC2)c1. The molecule has 1 aliphatic heterocycles. The fourth-order valence-corrected chi connectivity index (χ4v) is 5.71. The topological polar surface area (TPSA) is 93.5 Å². The Morgan fingerprint density at radius 2 is 2.07 bits per heavy atom. The molecule has 30 heavy (non-hydrogen) atoms. The lowest BCUT2D eigenvalue weighted by molar-refractivity contribution is -0.115. The molecule has 0 radical (unpaired) electrons. The number of thioether (sulfide) groups is 1. The van der Waals surface area contributed by atoms with E-state index in [4.69, 9.17) is 4.74 Å². The van der Waals surface area contributed by atoms with Gasteiger partial charge in [-0.25, -0.2) is 13.4 Å². The Morgan fingerprint density at radius 3 is 2.77 bits per heavy atom. The lowest BCUT2D eigenvalue weighted by Crippen LogP contribution is -2.40. The number of imidazole rings is 1. The number of sulfonamides is 1. The van der Waals surface area contributed by atoms with Crippen LogP contribution in [0.5, 0.6) is 0 Å². The van der Waals surface area contributed by atoms with Gasteiger partial charge in [0.25, 0.3) is 0 Å². The Kier molecular flexibility index (Phi) is 7.56. The van der Waals surface area contributed by atoms with Gasteiger partial charge in [0.1, 0.15) is 0 Å². The van der Waals surface area contributed by atoms with Gasteiger partial charge in [0.05, 0.1) is 23.4 Å². The number of aromatic nitrogens is 2. The Labute approximate surface area is 182 Å². The third-order valence-corrected chi connectivity index (χ3v) is 8.00. The molecule has 0 aliphatic carbocycles. The Bertz CT molecular complexity index is 984. The maximum Gasteiger partial charge on any atom is 0.243 e. The fraction of sp³-hybridized carbons (Fsp3) is 0.500. The number of morpholine rings is 1. The molecule has 1 atom stereocenters. The van der Waals surface area contributed by atoms with Crippen LogP contribution in [0.4, 0.5) is 5.69 Å². The third kappa shape index (κ3) is 5.23. The van der Waals surface area contributed by atoms with Crippen LogP contribution in [0.2, 0.25) is 0 Å². The van der Waals surface area contributed by atoms with E-state index in [1.807, 2.05) is 17.7 Å². The van der Waals surface area contributed by atoms with Gasteiger partial charge < -0.3 is 14.6 Å². The minimum absolute atomic E-state index is 0.204. The zero-order chi connectivity index (χ0) is 21.7. The van der Waals surface area contributed by atoms with Crippen LogP contribution in [0.3, 0.4) is 0 Å². The molecule has 1 aliphatic rings. The molecule has 1 aromatic heterocycles. The summed E-state index contributed by atoms with van der Waals surface area (Å²) in [4.78, 5) is 17.2.